The van der Waals surface area contributed by atoms with Crippen LogP contribution in [0.1, 0.15) is 92.4 Å². The van der Waals surface area contributed by atoms with Crippen LogP contribution in [0.15, 0.2) is 59.8 Å². The van der Waals surface area contributed by atoms with E-state index in [1.807, 2.05) is 32.1 Å². The zero-order valence-corrected chi connectivity index (χ0v) is 24.5. The number of hydrogen-bond acceptors (Lipinski definition) is 5. The molecule has 5 N–H and O–H groups in total. The van der Waals surface area contributed by atoms with Crippen LogP contribution >= 0.6 is 0 Å². The summed E-state index contributed by atoms with van der Waals surface area (Å²) in [5.41, 5.74) is 1.61. The van der Waals surface area contributed by atoms with Gasteiger partial charge in [0.15, 0.2) is 0 Å². The molecule has 0 heterocycles. The molecule has 6 atom stereocenters. The van der Waals surface area contributed by atoms with Gasteiger partial charge in [0, 0.05) is 18.1 Å². The number of rotatable bonds is 21. The first-order chi connectivity index (χ1) is 18.3. The highest BCUT2D eigenvalue weighted by Gasteiger charge is 2.17. The van der Waals surface area contributed by atoms with E-state index in [-0.39, 0.29) is 11.8 Å². The van der Waals surface area contributed by atoms with E-state index in [0.29, 0.717) is 30.8 Å². The first-order valence-electron chi connectivity index (χ1n) is 14.2. The largest absolute Gasteiger partial charge is 0.478 e. The van der Waals surface area contributed by atoms with Crippen molar-refractivity contribution in [2.24, 2.45) is 17.8 Å². The number of hydrogen-bond donors (Lipinski definition) is 5. The van der Waals surface area contributed by atoms with E-state index in [1.54, 1.807) is 26.0 Å². The van der Waals surface area contributed by atoms with Crippen LogP contribution in [0, 0.1) is 17.8 Å². The van der Waals surface area contributed by atoms with Gasteiger partial charge in [-0.25, -0.2) is 9.59 Å². The molecule has 0 radical (unpaired) electrons. The molecule has 0 aliphatic rings. The summed E-state index contributed by atoms with van der Waals surface area (Å²) in [6.45, 7) is 9.54. The number of carboxylic acids is 2. The predicted molar refractivity (Wildman–Crippen MR) is 157 cm³/mol. The number of carboxylic acid groups (broad SMARTS) is 2. The van der Waals surface area contributed by atoms with Gasteiger partial charge in [0.1, 0.15) is 0 Å². The molecule has 0 aromatic carbocycles. The minimum Gasteiger partial charge on any atom is -0.478 e. The molecule has 0 amide bonds. The highest BCUT2D eigenvalue weighted by Crippen LogP contribution is 2.23. The Hall–Kier alpha value is -2.48. The molecule has 0 bridgehead atoms. The van der Waals surface area contributed by atoms with E-state index >= 15 is 0 Å². The van der Waals surface area contributed by atoms with Crippen LogP contribution < -0.4 is 0 Å². The number of carbonyl (C=O) groups is 2. The molecule has 0 rings (SSSR count). The molecule has 7 heteroatoms. The maximum Gasteiger partial charge on any atom is 0.328 e. The summed E-state index contributed by atoms with van der Waals surface area (Å²) < 4.78 is 0. The molecule has 0 aliphatic carbocycles. The van der Waals surface area contributed by atoms with Gasteiger partial charge in [-0.3, -0.25) is 0 Å². The van der Waals surface area contributed by atoms with Gasteiger partial charge in [0.25, 0.3) is 0 Å². The summed E-state index contributed by atoms with van der Waals surface area (Å²) in [5, 5.41) is 48.8. The average Bonchev–Trinajstić information content (AvgIpc) is 2.87. The fourth-order valence-electron chi connectivity index (χ4n) is 4.16. The van der Waals surface area contributed by atoms with Gasteiger partial charge in [-0.05, 0) is 69.8 Å². The number of unbranched alkanes of at least 4 members (excludes halogenated alkanes) is 1. The number of allylic oxidation sites excluding steroid dienone is 5. The normalized spacial score (nSPS) is 17.9. The third-order valence-corrected chi connectivity index (χ3v) is 7.01. The maximum absolute atomic E-state index is 10.8. The van der Waals surface area contributed by atoms with Crippen LogP contribution in [-0.2, 0) is 9.59 Å². The Morgan fingerprint density at radius 3 is 2.05 bits per heavy atom. The highest BCUT2D eigenvalue weighted by atomic mass is 16.4. The van der Waals surface area contributed by atoms with Crippen molar-refractivity contribution in [3.8, 4) is 0 Å². The van der Waals surface area contributed by atoms with Gasteiger partial charge in [-0.15, -0.1) is 0 Å². The second kappa shape index (κ2) is 21.4. The Kier molecular flexibility index (Phi) is 20.0. The molecular formula is C32H52O7. The molecule has 6 unspecified atom stereocenters. The molecule has 0 aromatic heterocycles. The maximum atomic E-state index is 10.8. The van der Waals surface area contributed by atoms with E-state index in [4.69, 9.17) is 10.2 Å². The summed E-state index contributed by atoms with van der Waals surface area (Å²) in [5.74, 6) is -1.84. The molecule has 0 aliphatic heterocycles. The van der Waals surface area contributed by atoms with Crippen LogP contribution in [0.5, 0.6) is 0 Å². The number of aliphatic hydroxyl groups excluding tert-OH is 3. The van der Waals surface area contributed by atoms with Gasteiger partial charge in [-0.1, -0.05) is 82.1 Å². The molecule has 0 aromatic rings. The monoisotopic (exact) mass is 548 g/mol. The van der Waals surface area contributed by atoms with Crippen LogP contribution in [-0.4, -0.2) is 55.8 Å². The van der Waals surface area contributed by atoms with Crippen LogP contribution in [0.2, 0.25) is 0 Å². The fourth-order valence-corrected chi connectivity index (χ4v) is 4.16. The van der Waals surface area contributed by atoms with E-state index in [1.165, 1.54) is 12.2 Å². The first kappa shape index (κ1) is 36.5. The van der Waals surface area contributed by atoms with Crippen molar-refractivity contribution in [1.82, 2.24) is 0 Å². The molecule has 7 nitrogen and oxygen atoms in total. The first-order valence-corrected chi connectivity index (χ1v) is 14.2. The minimum atomic E-state index is -1.05. The standard InChI is InChI=1S/C32H52O7/c1-6-7-10-27(11-8-9-24(3)22-32(38)39)16-18-28(33)17-14-25(4)29(34)19-12-23(2)13-20-30(35)26(5)15-21-31(36)37/h8-9,12-13,15,20-22,25-30,33-35H,6-7,10-11,14,16-19H2,1-5H3,(H,36,37)(H,38,39)/b9-8+,20-13+,21-15+,23-12+,24-22+. The van der Waals surface area contributed by atoms with Crippen molar-refractivity contribution in [1.29, 1.82) is 0 Å². The van der Waals surface area contributed by atoms with E-state index < -0.39 is 30.3 Å². The Morgan fingerprint density at radius 1 is 0.769 bits per heavy atom. The Labute approximate surface area is 235 Å². The lowest BCUT2D eigenvalue weighted by Gasteiger charge is -2.21. The summed E-state index contributed by atoms with van der Waals surface area (Å²) in [6, 6.07) is 0. The van der Waals surface area contributed by atoms with Crippen LogP contribution in [0.3, 0.4) is 0 Å². The highest BCUT2D eigenvalue weighted by molar-refractivity contribution is 5.81. The average molecular weight is 549 g/mol. The Bertz CT molecular complexity index is 853. The lowest BCUT2D eigenvalue weighted by atomic mass is 9.89. The summed E-state index contributed by atoms with van der Waals surface area (Å²) in [6.07, 6.45) is 18.7. The van der Waals surface area contributed by atoms with E-state index in [0.717, 1.165) is 50.2 Å². The van der Waals surface area contributed by atoms with Crippen molar-refractivity contribution < 1.29 is 35.1 Å². The van der Waals surface area contributed by atoms with E-state index in [2.05, 4.69) is 6.92 Å². The molecular weight excluding hydrogens is 496 g/mol. The van der Waals surface area contributed by atoms with Gasteiger partial charge in [0.05, 0.1) is 18.3 Å². The summed E-state index contributed by atoms with van der Waals surface area (Å²) >= 11 is 0. The van der Waals surface area contributed by atoms with Crippen molar-refractivity contribution in [2.45, 2.75) is 111 Å². The lowest BCUT2D eigenvalue weighted by molar-refractivity contribution is -0.132. The Morgan fingerprint density at radius 2 is 1.44 bits per heavy atom. The van der Waals surface area contributed by atoms with Crippen LogP contribution in [0.25, 0.3) is 0 Å². The van der Waals surface area contributed by atoms with Crippen molar-refractivity contribution in [3.05, 3.63) is 59.8 Å². The summed E-state index contributed by atoms with van der Waals surface area (Å²) in [4.78, 5) is 21.4. The van der Waals surface area contributed by atoms with Gasteiger partial charge in [-0.2, -0.15) is 0 Å². The topological polar surface area (TPSA) is 135 Å². The van der Waals surface area contributed by atoms with Crippen LogP contribution in [0.4, 0.5) is 0 Å². The van der Waals surface area contributed by atoms with Crippen molar-refractivity contribution in [2.75, 3.05) is 0 Å². The molecule has 0 spiro atoms. The SMILES string of the molecule is CCCCC(C/C=C/C(C)=C/C(=O)O)CCC(O)CCC(C)C(O)C/C=C(C)/C=C/C(O)C(C)/C=C/C(=O)O. The summed E-state index contributed by atoms with van der Waals surface area (Å²) in [7, 11) is 0. The quantitative estimate of drug-likeness (QED) is 0.0849. The second-order valence-electron chi connectivity index (χ2n) is 10.8. The van der Waals surface area contributed by atoms with Crippen molar-refractivity contribution in [3.63, 3.8) is 0 Å². The smallest absolute Gasteiger partial charge is 0.328 e. The zero-order chi connectivity index (χ0) is 29.8. The van der Waals surface area contributed by atoms with Gasteiger partial charge < -0.3 is 25.5 Å². The lowest BCUT2D eigenvalue weighted by Crippen LogP contribution is -2.19. The van der Waals surface area contributed by atoms with Gasteiger partial charge in [0.2, 0.25) is 0 Å². The predicted octanol–water partition coefficient (Wildman–Crippen LogP) is 6.22. The molecule has 39 heavy (non-hydrogen) atoms. The zero-order valence-electron chi connectivity index (χ0n) is 24.5. The van der Waals surface area contributed by atoms with Gasteiger partial charge >= 0.3 is 11.9 Å². The number of aliphatic carboxylic acids is 2. The minimum absolute atomic E-state index is 0.0299. The van der Waals surface area contributed by atoms with E-state index in [9.17, 15) is 24.9 Å². The molecule has 0 saturated heterocycles. The molecule has 0 saturated carbocycles. The third-order valence-electron chi connectivity index (χ3n) is 7.01. The third kappa shape index (κ3) is 20.1. The Balaban J connectivity index is 4.60. The number of aliphatic hydroxyl groups is 3. The molecule has 222 valence electrons. The molecule has 0 fully saturated rings. The second-order valence-corrected chi connectivity index (χ2v) is 10.8. The fraction of sp³-hybridized carbons (Fsp3) is 0.625. The van der Waals surface area contributed by atoms with Crippen molar-refractivity contribution >= 4 is 11.9 Å².